The Hall–Kier alpha value is -1.81. The molecule has 2 aromatic heterocycles. The van der Waals surface area contributed by atoms with Crippen LogP contribution in [0.5, 0.6) is 0 Å². The first-order valence-corrected chi connectivity index (χ1v) is 5.41. The summed E-state index contributed by atoms with van der Waals surface area (Å²) < 4.78 is 6.37. The molecule has 3 rings (SSSR count). The third kappa shape index (κ3) is 1.22. The summed E-state index contributed by atoms with van der Waals surface area (Å²) in [5.41, 5.74) is 7.37. The van der Waals surface area contributed by atoms with Crippen LogP contribution in [0.2, 0.25) is 0 Å². The van der Waals surface area contributed by atoms with Crippen molar-refractivity contribution in [3.63, 3.8) is 0 Å². The summed E-state index contributed by atoms with van der Waals surface area (Å²) in [5.74, 6) is 0.660. The molecule has 15 heavy (non-hydrogen) atoms. The number of nitrogen functional groups attached to an aromatic ring is 1. The van der Waals surface area contributed by atoms with Crippen LogP contribution in [-0.4, -0.2) is 5.16 Å². The van der Waals surface area contributed by atoms with Crippen molar-refractivity contribution in [1.29, 1.82) is 0 Å². The Kier molecular flexibility index (Phi) is 1.76. The highest BCUT2D eigenvalue weighted by Gasteiger charge is 2.12. The average molecular weight is 216 g/mol. The Morgan fingerprint density at radius 2 is 2.13 bits per heavy atom. The summed E-state index contributed by atoms with van der Waals surface area (Å²) >= 11 is 1.68. The van der Waals surface area contributed by atoms with Crippen molar-refractivity contribution in [3.8, 4) is 11.3 Å². The van der Waals surface area contributed by atoms with Crippen molar-refractivity contribution in [2.45, 2.75) is 0 Å². The van der Waals surface area contributed by atoms with E-state index in [9.17, 15) is 0 Å². The van der Waals surface area contributed by atoms with Gasteiger partial charge in [0.25, 0.3) is 0 Å². The SMILES string of the molecule is Nc1cnoc1-c1csc2ccccc12. The van der Waals surface area contributed by atoms with Gasteiger partial charge in [0.05, 0.1) is 6.20 Å². The molecule has 0 amide bonds. The number of thiophene rings is 1. The largest absolute Gasteiger partial charge is 0.394 e. The lowest BCUT2D eigenvalue weighted by Crippen LogP contribution is -1.83. The third-order valence-electron chi connectivity index (χ3n) is 2.32. The van der Waals surface area contributed by atoms with Gasteiger partial charge in [0.1, 0.15) is 5.69 Å². The van der Waals surface area contributed by atoms with Gasteiger partial charge >= 0.3 is 0 Å². The van der Waals surface area contributed by atoms with Crippen LogP contribution in [0.4, 0.5) is 5.69 Å². The smallest absolute Gasteiger partial charge is 0.191 e. The molecule has 0 fully saturated rings. The maximum Gasteiger partial charge on any atom is 0.191 e. The monoisotopic (exact) mass is 216 g/mol. The van der Waals surface area contributed by atoms with Crippen molar-refractivity contribution in [2.24, 2.45) is 0 Å². The highest BCUT2D eigenvalue weighted by atomic mass is 32.1. The van der Waals surface area contributed by atoms with Gasteiger partial charge in [-0.3, -0.25) is 0 Å². The van der Waals surface area contributed by atoms with E-state index >= 15 is 0 Å². The quantitative estimate of drug-likeness (QED) is 0.679. The van der Waals surface area contributed by atoms with Gasteiger partial charge < -0.3 is 10.3 Å². The molecule has 0 bridgehead atoms. The fourth-order valence-corrected chi connectivity index (χ4v) is 2.55. The van der Waals surface area contributed by atoms with E-state index in [0.29, 0.717) is 11.4 Å². The van der Waals surface area contributed by atoms with Crippen LogP contribution >= 0.6 is 11.3 Å². The number of aromatic nitrogens is 1. The second-order valence-corrected chi connectivity index (χ2v) is 4.17. The molecule has 0 aliphatic carbocycles. The van der Waals surface area contributed by atoms with E-state index in [1.807, 2.05) is 17.5 Å². The maximum absolute atomic E-state index is 5.77. The van der Waals surface area contributed by atoms with Gasteiger partial charge in [0.15, 0.2) is 5.76 Å². The van der Waals surface area contributed by atoms with Crippen LogP contribution in [0.1, 0.15) is 0 Å². The second-order valence-electron chi connectivity index (χ2n) is 3.26. The standard InChI is InChI=1S/C11H8N2OS/c12-9-5-13-14-11(9)8-6-15-10-4-2-1-3-7(8)10/h1-6H,12H2. The molecule has 3 nitrogen and oxygen atoms in total. The van der Waals surface area contributed by atoms with E-state index in [-0.39, 0.29) is 0 Å². The Morgan fingerprint density at radius 3 is 2.93 bits per heavy atom. The topological polar surface area (TPSA) is 52.0 Å². The lowest BCUT2D eigenvalue weighted by molar-refractivity contribution is 0.433. The molecule has 0 saturated heterocycles. The van der Waals surface area contributed by atoms with Crippen molar-refractivity contribution in [1.82, 2.24) is 5.16 Å². The number of anilines is 1. The second kappa shape index (κ2) is 3.10. The summed E-state index contributed by atoms with van der Waals surface area (Å²) in [6.07, 6.45) is 1.53. The number of nitrogens with zero attached hydrogens (tertiary/aromatic N) is 1. The Bertz CT molecular complexity index is 612. The molecule has 0 saturated carbocycles. The molecule has 0 aliphatic rings. The lowest BCUT2D eigenvalue weighted by Gasteiger charge is -1.94. The minimum atomic E-state index is 0.582. The molecule has 0 spiro atoms. The lowest BCUT2D eigenvalue weighted by atomic mass is 10.1. The van der Waals surface area contributed by atoms with E-state index in [0.717, 1.165) is 10.9 Å². The molecule has 2 heterocycles. The van der Waals surface area contributed by atoms with E-state index in [2.05, 4.69) is 17.3 Å². The molecule has 74 valence electrons. The van der Waals surface area contributed by atoms with E-state index in [4.69, 9.17) is 10.3 Å². The summed E-state index contributed by atoms with van der Waals surface area (Å²) in [6.45, 7) is 0. The molecule has 0 unspecified atom stereocenters. The number of fused-ring (bicyclic) bond motifs is 1. The van der Waals surface area contributed by atoms with E-state index < -0.39 is 0 Å². The third-order valence-corrected chi connectivity index (χ3v) is 3.29. The van der Waals surface area contributed by atoms with Gasteiger partial charge in [-0.25, -0.2) is 0 Å². The van der Waals surface area contributed by atoms with E-state index in [1.165, 1.54) is 10.9 Å². The highest BCUT2D eigenvalue weighted by Crippen LogP contribution is 2.36. The van der Waals surface area contributed by atoms with Gasteiger partial charge in [-0.1, -0.05) is 23.4 Å². The molecular formula is C11H8N2OS. The van der Waals surface area contributed by atoms with Crippen LogP contribution in [0.15, 0.2) is 40.4 Å². The van der Waals surface area contributed by atoms with Gasteiger partial charge in [0, 0.05) is 21.0 Å². The molecule has 4 heteroatoms. The van der Waals surface area contributed by atoms with Gasteiger partial charge in [-0.05, 0) is 6.07 Å². The normalized spacial score (nSPS) is 10.9. The average Bonchev–Trinajstić information content (AvgIpc) is 2.83. The van der Waals surface area contributed by atoms with Crippen LogP contribution in [0.25, 0.3) is 21.4 Å². The number of hydrogen-bond acceptors (Lipinski definition) is 4. The molecular weight excluding hydrogens is 208 g/mol. The van der Waals surface area contributed by atoms with Crippen molar-refractivity contribution in [2.75, 3.05) is 5.73 Å². The molecule has 0 atom stereocenters. The van der Waals surface area contributed by atoms with E-state index in [1.54, 1.807) is 11.3 Å². The Morgan fingerprint density at radius 1 is 1.27 bits per heavy atom. The zero-order chi connectivity index (χ0) is 10.3. The minimum Gasteiger partial charge on any atom is -0.394 e. The zero-order valence-corrected chi connectivity index (χ0v) is 8.62. The molecule has 1 aromatic carbocycles. The number of benzene rings is 1. The first kappa shape index (κ1) is 8.49. The van der Waals surface area contributed by atoms with Gasteiger partial charge in [0.2, 0.25) is 0 Å². The first-order chi connectivity index (χ1) is 7.36. The number of rotatable bonds is 1. The van der Waals surface area contributed by atoms with Crippen molar-refractivity contribution in [3.05, 3.63) is 35.8 Å². The number of nitrogens with two attached hydrogens (primary N) is 1. The maximum atomic E-state index is 5.77. The number of hydrogen-bond donors (Lipinski definition) is 1. The van der Waals surface area contributed by atoms with Crippen LogP contribution in [0.3, 0.4) is 0 Å². The molecule has 0 aliphatic heterocycles. The summed E-state index contributed by atoms with van der Waals surface area (Å²) in [4.78, 5) is 0. The fourth-order valence-electron chi connectivity index (χ4n) is 1.61. The minimum absolute atomic E-state index is 0.582. The van der Waals surface area contributed by atoms with Crippen LogP contribution in [-0.2, 0) is 0 Å². The highest BCUT2D eigenvalue weighted by molar-refractivity contribution is 7.17. The fraction of sp³-hybridized carbons (Fsp3) is 0. The van der Waals surface area contributed by atoms with Gasteiger partial charge in [-0.15, -0.1) is 11.3 Å². The van der Waals surface area contributed by atoms with Crippen LogP contribution < -0.4 is 5.73 Å². The zero-order valence-electron chi connectivity index (χ0n) is 7.81. The summed E-state index contributed by atoms with van der Waals surface area (Å²) in [7, 11) is 0. The molecule has 0 radical (unpaired) electrons. The Labute approximate surface area is 90.1 Å². The molecule has 2 N–H and O–H groups in total. The van der Waals surface area contributed by atoms with Crippen LogP contribution in [0, 0.1) is 0 Å². The predicted octanol–water partition coefficient (Wildman–Crippen LogP) is 3.14. The Balaban J connectivity index is 2.32. The first-order valence-electron chi connectivity index (χ1n) is 4.53. The summed E-state index contributed by atoms with van der Waals surface area (Å²) in [6, 6.07) is 8.16. The molecule has 3 aromatic rings. The van der Waals surface area contributed by atoms with Gasteiger partial charge in [-0.2, -0.15) is 0 Å². The predicted molar refractivity (Wildman–Crippen MR) is 61.7 cm³/mol. The summed E-state index contributed by atoms with van der Waals surface area (Å²) in [5, 5.41) is 6.89. The van der Waals surface area contributed by atoms with Crippen molar-refractivity contribution >= 4 is 27.1 Å². The van der Waals surface area contributed by atoms with Crippen molar-refractivity contribution < 1.29 is 4.52 Å².